The van der Waals surface area contributed by atoms with Gasteiger partial charge in [-0.3, -0.25) is 4.79 Å². The lowest BCUT2D eigenvalue weighted by Crippen LogP contribution is -2.13. The third-order valence-electron chi connectivity index (χ3n) is 4.87. The average Bonchev–Trinajstić information content (AvgIpc) is 2.59. The number of hydrogen-bond acceptors (Lipinski definition) is 1. The maximum atomic E-state index is 11.2. The van der Waals surface area contributed by atoms with E-state index in [4.69, 9.17) is 0 Å². The molecule has 0 saturated carbocycles. The third kappa shape index (κ3) is 10.5. The summed E-state index contributed by atoms with van der Waals surface area (Å²) in [6.07, 6.45) is 15.2. The van der Waals surface area contributed by atoms with Crippen LogP contribution in [0.5, 0.6) is 0 Å². The molecule has 0 amide bonds. The van der Waals surface area contributed by atoms with Gasteiger partial charge in [-0.1, -0.05) is 95.0 Å². The molecule has 2 nitrogen and oxygen atoms in total. The lowest BCUT2D eigenvalue weighted by atomic mass is 9.95. The Labute approximate surface area is 148 Å². The van der Waals surface area contributed by atoms with Crippen molar-refractivity contribution in [2.24, 2.45) is 5.92 Å². The molecule has 0 bridgehead atoms. The molecule has 0 aliphatic heterocycles. The van der Waals surface area contributed by atoms with E-state index in [1.54, 1.807) is 0 Å². The second-order valence-corrected chi connectivity index (χ2v) is 7.03. The first-order valence-corrected chi connectivity index (χ1v) is 10.0. The summed E-state index contributed by atoms with van der Waals surface area (Å²) >= 11 is 0. The molecule has 136 valence electrons. The molecule has 1 aromatic carbocycles. The molecule has 0 heterocycles. The van der Waals surface area contributed by atoms with Gasteiger partial charge in [-0.15, -0.1) is 0 Å². The molecule has 1 aromatic rings. The highest BCUT2D eigenvalue weighted by Gasteiger charge is 2.15. The number of carboxylic acid groups (broad SMARTS) is 1. The molecular formula is C22H36O2. The first-order valence-electron chi connectivity index (χ1n) is 10.0. The maximum absolute atomic E-state index is 11.2. The van der Waals surface area contributed by atoms with Gasteiger partial charge >= 0.3 is 5.97 Å². The van der Waals surface area contributed by atoms with E-state index in [9.17, 15) is 9.90 Å². The monoisotopic (exact) mass is 332 g/mol. The smallest absolute Gasteiger partial charge is 0.306 e. The van der Waals surface area contributed by atoms with Crippen LogP contribution in [0, 0.1) is 5.92 Å². The van der Waals surface area contributed by atoms with Gasteiger partial charge in [0, 0.05) is 0 Å². The normalized spacial score (nSPS) is 12.2. The first kappa shape index (κ1) is 20.7. The van der Waals surface area contributed by atoms with E-state index in [0.717, 1.165) is 32.1 Å². The molecule has 0 aromatic heterocycles. The van der Waals surface area contributed by atoms with Crippen LogP contribution in [0.15, 0.2) is 30.3 Å². The molecule has 1 N–H and O–H groups in total. The number of aliphatic carboxylic acids is 1. The van der Waals surface area contributed by atoms with Crippen LogP contribution in [0.4, 0.5) is 0 Å². The first-order chi connectivity index (χ1) is 11.7. The Hall–Kier alpha value is -1.31. The molecule has 0 aliphatic rings. The molecule has 24 heavy (non-hydrogen) atoms. The molecule has 1 atom stereocenters. The summed E-state index contributed by atoms with van der Waals surface area (Å²) in [6, 6.07) is 10.7. The highest BCUT2D eigenvalue weighted by atomic mass is 16.4. The van der Waals surface area contributed by atoms with Crippen LogP contribution < -0.4 is 0 Å². The zero-order valence-corrected chi connectivity index (χ0v) is 15.5. The van der Waals surface area contributed by atoms with Crippen molar-refractivity contribution >= 4 is 5.97 Å². The minimum Gasteiger partial charge on any atom is -0.481 e. The summed E-state index contributed by atoms with van der Waals surface area (Å²) in [5, 5.41) is 9.21. The van der Waals surface area contributed by atoms with Crippen LogP contribution in [-0.4, -0.2) is 11.1 Å². The van der Waals surface area contributed by atoms with Crippen molar-refractivity contribution in [3.8, 4) is 0 Å². The minimum absolute atomic E-state index is 0.108. The predicted octanol–water partition coefficient (Wildman–Crippen LogP) is 6.63. The number of rotatable bonds is 15. The number of carboxylic acids is 1. The Bertz CT molecular complexity index is 413. The fourth-order valence-electron chi connectivity index (χ4n) is 3.27. The van der Waals surface area contributed by atoms with Crippen LogP contribution in [0.25, 0.3) is 0 Å². The Kier molecular flexibility index (Phi) is 12.2. The van der Waals surface area contributed by atoms with Crippen molar-refractivity contribution in [2.45, 2.75) is 90.4 Å². The highest BCUT2D eigenvalue weighted by Crippen LogP contribution is 2.18. The third-order valence-corrected chi connectivity index (χ3v) is 4.87. The maximum Gasteiger partial charge on any atom is 0.306 e. The van der Waals surface area contributed by atoms with Crippen molar-refractivity contribution in [3.63, 3.8) is 0 Å². The highest BCUT2D eigenvalue weighted by molar-refractivity contribution is 5.69. The van der Waals surface area contributed by atoms with E-state index < -0.39 is 5.97 Å². The summed E-state index contributed by atoms with van der Waals surface area (Å²) in [7, 11) is 0. The van der Waals surface area contributed by atoms with Crippen molar-refractivity contribution < 1.29 is 9.90 Å². The Morgan fingerprint density at radius 2 is 1.38 bits per heavy atom. The second kappa shape index (κ2) is 14.1. The Morgan fingerprint density at radius 1 is 0.833 bits per heavy atom. The molecule has 1 rings (SSSR count). The van der Waals surface area contributed by atoms with Gasteiger partial charge in [0.15, 0.2) is 0 Å². The van der Waals surface area contributed by atoms with Gasteiger partial charge in [-0.05, 0) is 31.2 Å². The summed E-state index contributed by atoms with van der Waals surface area (Å²) in [6.45, 7) is 2.12. The van der Waals surface area contributed by atoms with Gasteiger partial charge in [0.1, 0.15) is 0 Å². The SMILES string of the molecule is CCCCC(CCCCCCCCCCc1ccccc1)C(=O)O. The zero-order chi connectivity index (χ0) is 17.5. The van der Waals surface area contributed by atoms with Crippen LogP contribution >= 0.6 is 0 Å². The molecule has 0 aliphatic carbocycles. The van der Waals surface area contributed by atoms with E-state index in [1.807, 2.05) is 0 Å². The van der Waals surface area contributed by atoms with Crippen molar-refractivity contribution in [2.75, 3.05) is 0 Å². The summed E-state index contributed by atoms with van der Waals surface area (Å²) in [5.41, 5.74) is 1.45. The molecular weight excluding hydrogens is 296 g/mol. The van der Waals surface area contributed by atoms with E-state index in [-0.39, 0.29) is 5.92 Å². The largest absolute Gasteiger partial charge is 0.481 e. The molecule has 0 fully saturated rings. The predicted molar refractivity (Wildman–Crippen MR) is 102 cm³/mol. The fourth-order valence-corrected chi connectivity index (χ4v) is 3.27. The number of carbonyl (C=O) groups is 1. The van der Waals surface area contributed by atoms with E-state index in [2.05, 4.69) is 37.3 Å². The minimum atomic E-state index is -0.595. The van der Waals surface area contributed by atoms with Gasteiger partial charge in [0.05, 0.1) is 5.92 Å². The van der Waals surface area contributed by atoms with Gasteiger partial charge in [0.2, 0.25) is 0 Å². The number of aryl methyl sites for hydroxylation is 1. The lowest BCUT2D eigenvalue weighted by molar-refractivity contribution is -0.142. The standard InChI is InChI=1S/C22H36O2/c1-2-3-18-21(22(23)24)19-14-9-7-5-4-6-8-11-15-20-16-12-10-13-17-20/h10,12-13,16-17,21H,2-9,11,14-15,18-19H2,1H3,(H,23,24). The fraction of sp³-hybridized carbons (Fsp3) is 0.682. The van der Waals surface area contributed by atoms with Gasteiger partial charge < -0.3 is 5.11 Å². The van der Waals surface area contributed by atoms with E-state index in [0.29, 0.717) is 0 Å². The zero-order valence-electron chi connectivity index (χ0n) is 15.5. The van der Waals surface area contributed by atoms with Crippen molar-refractivity contribution in [1.29, 1.82) is 0 Å². The topological polar surface area (TPSA) is 37.3 Å². The van der Waals surface area contributed by atoms with Gasteiger partial charge in [0.25, 0.3) is 0 Å². The molecule has 0 spiro atoms. The number of unbranched alkanes of at least 4 members (excludes halogenated alkanes) is 8. The van der Waals surface area contributed by atoms with Crippen LogP contribution in [0.2, 0.25) is 0 Å². The average molecular weight is 333 g/mol. The molecule has 0 radical (unpaired) electrons. The van der Waals surface area contributed by atoms with E-state index in [1.165, 1.54) is 56.9 Å². The summed E-state index contributed by atoms with van der Waals surface area (Å²) < 4.78 is 0. The summed E-state index contributed by atoms with van der Waals surface area (Å²) in [5.74, 6) is -0.704. The van der Waals surface area contributed by atoms with Crippen LogP contribution in [0.1, 0.15) is 89.5 Å². The Balaban J connectivity index is 1.90. The van der Waals surface area contributed by atoms with Gasteiger partial charge in [-0.2, -0.15) is 0 Å². The van der Waals surface area contributed by atoms with Crippen LogP contribution in [0.3, 0.4) is 0 Å². The lowest BCUT2D eigenvalue weighted by Gasteiger charge is -2.11. The van der Waals surface area contributed by atoms with Crippen molar-refractivity contribution in [1.82, 2.24) is 0 Å². The van der Waals surface area contributed by atoms with Crippen LogP contribution in [-0.2, 0) is 11.2 Å². The van der Waals surface area contributed by atoms with E-state index >= 15 is 0 Å². The molecule has 2 heteroatoms. The quantitative estimate of drug-likeness (QED) is 0.366. The van der Waals surface area contributed by atoms with Crippen molar-refractivity contribution in [3.05, 3.63) is 35.9 Å². The summed E-state index contributed by atoms with van der Waals surface area (Å²) in [4.78, 5) is 11.2. The Morgan fingerprint density at radius 3 is 1.96 bits per heavy atom. The molecule has 1 unspecified atom stereocenters. The number of hydrogen-bond donors (Lipinski definition) is 1. The second-order valence-electron chi connectivity index (χ2n) is 7.03. The molecule has 0 saturated heterocycles. The number of benzene rings is 1. The van der Waals surface area contributed by atoms with Gasteiger partial charge in [-0.25, -0.2) is 0 Å².